The normalized spacial score (nSPS) is 15.2. The number of rotatable bonds is 13. The van der Waals surface area contributed by atoms with Crippen LogP contribution in [-0.2, 0) is 33.9 Å². The van der Waals surface area contributed by atoms with Crippen LogP contribution in [0.15, 0.2) is 35.2 Å². The number of nitrogens with one attached hydrogen (secondary N) is 3. The zero-order valence-electron chi connectivity index (χ0n) is 23.7. The number of sulfonamides is 1. The summed E-state index contributed by atoms with van der Waals surface area (Å²) < 4.78 is 37.9. The highest BCUT2D eigenvalue weighted by molar-refractivity contribution is 7.89. The predicted molar refractivity (Wildman–Crippen MR) is 148 cm³/mol. The standard InChI is InChI=1S/C27H42N4O8S/c1-5-38-25(34)22(30-40(36,37)21-10-7-6-8-11-21)19-29-24(33)13-9-12-23(32)28-18-20-14-16-31(17-15-20)26(35)39-27(2,3)4/h6-8,10-11,20,22,30H,5,9,12-19H2,1-4H3,(H,28,32)(H,29,33). The highest BCUT2D eigenvalue weighted by Crippen LogP contribution is 2.19. The van der Waals surface area contributed by atoms with E-state index in [1.54, 1.807) is 30.0 Å². The van der Waals surface area contributed by atoms with Gasteiger partial charge in [-0.05, 0) is 65.0 Å². The lowest BCUT2D eigenvalue weighted by molar-refractivity contribution is -0.145. The van der Waals surface area contributed by atoms with Gasteiger partial charge in [-0.3, -0.25) is 14.4 Å². The molecule has 1 aliphatic heterocycles. The van der Waals surface area contributed by atoms with E-state index in [0.717, 1.165) is 12.8 Å². The van der Waals surface area contributed by atoms with E-state index in [-0.39, 0.29) is 55.2 Å². The van der Waals surface area contributed by atoms with Gasteiger partial charge < -0.3 is 25.0 Å². The van der Waals surface area contributed by atoms with E-state index in [0.29, 0.717) is 19.6 Å². The van der Waals surface area contributed by atoms with Gasteiger partial charge in [0.2, 0.25) is 21.8 Å². The van der Waals surface area contributed by atoms with E-state index in [9.17, 15) is 27.6 Å². The van der Waals surface area contributed by atoms with Crippen molar-refractivity contribution in [3.63, 3.8) is 0 Å². The maximum absolute atomic E-state index is 12.6. The first-order chi connectivity index (χ1) is 18.8. The number of hydrogen-bond donors (Lipinski definition) is 3. The fourth-order valence-electron chi connectivity index (χ4n) is 3.98. The summed E-state index contributed by atoms with van der Waals surface area (Å²) >= 11 is 0. The van der Waals surface area contributed by atoms with Crippen molar-refractivity contribution in [1.82, 2.24) is 20.3 Å². The Hall–Kier alpha value is -3.19. The molecule has 1 saturated heterocycles. The molecule has 0 spiro atoms. The van der Waals surface area contributed by atoms with E-state index in [2.05, 4.69) is 15.4 Å². The van der Waals surface area contributed by atoms with Crippen molar-refractivity contribution >= 4 is 33.9 Å². The van der Waals surface area contributed by atoms with Crippen LogP contribution in [-0.4, -0.2) is 81.6 Å². The molecular formula is C27H42N4O8S. The van der Waals surface area contributed by atoms with Gasteiger partial charge in [0, 0.05) is 39.0 Å². The van der Waals surface area contributed by atoms with Gasteiger partial charge in [-0.25, -0.2) is 13.2 Å². The van der Waals surface area contributed by atoms with Gasteiger partial charge in [-0.15, -0.1) is 0 Å². The second-order valence-electron chi connectivity index (χ2n) is 10.6. The van der Waals surface area contributed by atoms with Gasteiger partial charge in [0.05, 0.1) is 11.5 Å². The van der Waals surface area contributed by atoms with Crippen molar-refractivity contribution < 1.29 is 37.1 Å². The first-order valence-electron chi connectivity index (χ1n) is 13.6. The number of ether oxygens (including phenoxy) is 2. The Morgan fingerprint density at radius 3 is 2.17 bits per heavy atom. The summed E-state index contributed by atoms with van der Waals surface area (Å²) in [5.41, 5.74) is -0.540. The molecule has 1 unspecified atom stereocenters. The Morgan fingerprint density at radius 2 is 1.60 bits per heavy atom. The van der Waals surface area contributed by atoms with Crippen LogP contribution in [0.1, 0.15) is 59.8 Å². The Bertz CT molecular complexity index is 1100. The number of hydrogen-bond acceptors (Lipinski definition) is 8. The van der Waals surface area contributed by atoms with Crippen molar-refractivity contribution in [2.24, 2.45) is 5.92 Å². The molecule has 1 aromatic carbocycles. The summed E-state index contributed by atoms with van der Waals surface area (Å²) in [4.78, 5) is 50.7. The third-order valence-corrected chi connectivity index (χ3v) is 7.57. The molecule has 3 amide bonds. The number of benzene rings is 1. The number of piperidine rings is 1. The van der Waals surface area contributed by atoms with Gasteiger partial charge in [-0.1, -0.05) is 18.2 Å². The molecule has 40 heavy (non-hydrogen) atoms. The Kier molecular flexibility index (Phi) is 12.8. The molecule has 1 aromatic rings. The van der Waals surface area contributed by atoms with Crippen LogP contribution in [0, 0.1) is 5.92 Å². The van der Waals surface area contributed by atoms with Gasteiger partial charge in [0.1, 0.15) is 11.6 Å². The average Bonchev–Trinajstić information content (AvgIpc) is 2.89. The number of esters is 1. The fourth-order valence-corrected chi connectivity index (χ4v) is 5.18. The summed E-state index contributed by atoms with van der Waals surface area (Å²) in [6.07, 6.45) is 1.66. The quantitative estimate of drug-likeness (QED) is 0.298. The summed E-state index contributed by atoms with van der Waals surface area (Å²) in [6, 6.07) is 6.25. The van der Waals surface area contributed by atoms with E-state index in [1.807, 2.05) is 20.8 Å². The van der Waals surface area contributed by atoms with Crippen LogP contribution in [0.5, 0.6) is 0 Å². The second-order valence-corrected chi connectivity index (χ2v) is 12.3. The Balaban J connectivity index is 1.70. The number of nitrogens with zero attached hydrogens (tertiary/aromatic N) is 1. The van der Waals surface area contributed by atoms with Crippen molar-refractivity contribution in [2.45, 2.75) is 76.3 Å². The smallest absolute Gasteiger partial charge is 0.410 e. The monoisotopic (exact) mass is 582 g/mol. The topological polar surface area (TPSA) is 160 Å². The molecule has 2 rings (SSSR count). The van der Waals surface area contributed by atoms with E-state index < -0.39 is 33.5 Å². The number of carbonyl (C=O) groups excluding carboxylic acids is 4. The van der Waals surface area contributed by atoms with Crippen molar-refractivity contribution in [3.05, 3.63) is 30.3 Å². The van der Waals surface area contributed by atoms with Crippen LogP contribution in [0.2, 0.25) is 0 Å². The van der Waals surface area contributed by atoms with Gasteiger partial charge in [-0.2, -0.15) is 4.72 Å². The molecule has 12 nitrogen and oxygen atoms in total. The lowest BCUT2D eigenvalue weighted by Gasteiger charge is -2.33. The maximum Gasteiger partial charge on any atom is 0.410 e. The Labute approximate surface area is 236 Å². The lowest BCUT2D eigenvalue weighted by Crippen LogP contribution is -2.49. The molecular weight excluding hydrogens is 540 g/mol. The molecule has 0 saturated carbocycles. The first-order valence-corrected chi connectivity index (χ1v) is 15.0. The lowest BCUT2D eigenvalue weighted by atomic mass is 9.97. The van der Waals surface area contributed by atoms with Crippen LogP contribution in [0.4, 0.5) is 4.79 Å². The maximum atomic E-state index is 12.6. The molecule has 13 heteroatoms. The van der Waals surface area contributed by atoms with Gasteiger partial charge in [0.15, 0.2) is 0 Å². The molecule has 1 heterocycles. The van der Waals surface area contributed by atoms with Crippen LogP contribution >= 0.6 is 0 Å². The van der Waals surface area contributed by atoms with Crippen molar-refractivity contribution in [2.75, 3.05) is 32.8 Å². The third-order valence-electron chi connectivity index (χ3n) is 6.09. The molecule has 1 atom stereocenters. The molecule has 3 N–H and O–H groups in total. The van der Waals surface area contributed by atoms with E-state index >= 15 is 0 Å². The highest BCUT2D eigenvalue weighted by Gasteiger charge is 2.28. The van der Waals surface area contributed by atoms with Crippen LogP contribution in [0.25, 0.3) is 0 Å². The minimum Gasteiger partial charge on any atom is -0.465 e. The highest BCUT2D eigenvalue weighted by atomic mass is 32.2. The largest absolute Gasteiger partial charge is 0.465 e. The minimum atomic E-state index is -4.01. The minimum absolute atomic E-state index is 0.0183. The van der Waals surface area contributed by atoms with E-state index in [1.165, 1.54) is 12.1 Å². The van der Waals surface area contributed by atoms with Crippen molar-refractivity contribution in [1.29, 1.82) is 0 Å². The predicted octanol–water partition coefficient (Wildman–Crippen LogP) is 1.95. The van der Waals surface area contributed by atoms with Crippen molar-refractivity contribution in [3.8, 4) is 0 Å². The molecule has 1 fully saturated rings. The second kappa shape index (κ2) is 15.6. The number of amides is 3. The first kappa shape index (κ1) is 33.0. The van der Waals surface area contributed by atoms with Crippen LogP contribution < -0.4 is 15.4 Å². The number of likely N-dealkylation sites (tertiary alicyclic amines) is 1. The summed E-state index contributed by atoms with van der Waals surface area (Å²) in [6.45, 7) is 8.48. The average molecular weight is 583 g/mol. The fraction of sp³-hybridized carbons (Fsp3) is 0.630. The Morgan fingerprint density at radius 1 is 1.00 bits per heavy atom. The zero-order valence-corrected chi connectivity index (χ0v) is 24.6. The molecule has 1 aliphatic rings. The molecule has 0 bridgehead atoms. The summed E-state index contributed by atoms with van der Waals surface area (Å²) in [5, 5.41) is 5.43. The van der Waals surface area contributed by atoms with Gasteiger partial charge >= 0.3 is 12.1 Å². The van der Waals surface area contributed by atoms with Crippen LogP contribution in [0.3, 0.4) is 0 Å². The van der Waals surface area contributed by atoms with Gasteiger partial charge in [0.25, 0.3) is 0 Å². The van der Waals surface area contributed by atoms with E-state index in [4.69, 9.17) is 9.47 Å². The number of carbonyl (C=O) groups is 4. The summed E-state index contributed by atoms with van der Waals surface area (Å²) in [7, 11) is -4.01. The molecule has 0 aromatic heterocycles. The summed E-state index contributed by atoms with van der Waals surface area (Å²) in [5.74, 6) is -1.15. The zero-order chi connectivity index (χ0) is 29.8. The third kappa shape index (κ3) is 11.9. The molecule has 0 radical (unpaired) electrons. The molecule has 0 aliphatic carbocycles. The SMILES string of the molecule is CCOC(=O)C(CNC(=O)CCCC(=O)NCC1CCN(C(=O)OC(C)(C)C)CC1)NS(=O)(=O)c1ccccc1. The molecule has 224 valence electrons.